The maximum Gasteiger partial charge on any atom is 0.161 e. The topological polar surface area (TPSA) is 34.9 Å². The zero-order valence-corrected chi connectivity index (χ0v) is 12.9. The number of benzene rings is 1. The van der Waals surface area contributed by atoms with E-state index < -0.39 is 5.82 Å². The van der Waals surface area contributed by atoms with E-state index in [1.807, 2.05) is 6.92 Å². The van der Waals surface area contributed by atoms with E-state index in [4.69, 9.17) is 11.6 Å². The molecule has 3 nitrogen and oxygen atoms in total. The van der Waals surface area contributed by atoms with E-state index in [9.17, 15) is 9.18 Å². The molecule has 0 aliphatic heterocycles. The molecule has 0 saturated carbocycles. The van der Waals surface area contributed by atoms with Gasteiger partial charge in [0.15, 0.2) is 5.78 Å². The van der Waals surface area contributed by atoms with Crippen LogP contribution in [0.15, 0.2) is 16.6 Å². The zero-order valence-electron chi connectivity index (χ0n) is 10.6. The number of aromatic nitrogens is 2. The molecule has 0 spiro atoms. The van der Waals surface area contributed by atoms with E-state index >= 15 is 0 Å². The number of aryl methyl sites for hydroxylation is 1. The van der Waals surface area contributed by atoms with Gasteiger partial charge in [0.1, 0.15) is 11.5 Å². The standard InChI is InChI=1S/C13H11BrClFN2O/c1-6-12(14)13(17-18(6)3)9-4-8(7(2)19)10(15)5-11(9)16/h4-5H,1-3H3. The largest absolute Gasteiger partial charge is 0.294 e. The number of nitrogens with zero attached hydrogens (tertiary/aromatic N) is 2. The summed E-state index contributed by atoms with van der Waals surface area (Å²) in [5.41, 5.74) is 1.86. The second-order valence-corrected chi connectivity index (χ2v) is 5.44. The Morgan fingerprint density at radius 2 is 2.11 bits per heavy atom. The zero-order chi connectivity index (χ0) is 14.3. The summed E-state index contributed by atoms with van der Waals surface area (Å²) in [6.07, 6.45) is 0. The number of rotatable bonds is 2. The van der Waals surface area contributed by atoms with Crippen LogP contribution in [0.1, 0.15) is 23.0 Å². The molecule has 0 bridgehead atoms. The van der Waals surface area contributed by atoms with E-state index in [0.717, 1.165) is 11.8 Å². The molecule has 1 aromatic carbocycles. The third kappa shape index (κ3) is 2.44. The lowest BCUT2D eigenvalue weighted by molar-refractivity contribution is 0.101. The first-order valence-corrected chi connectivity index (χ1v) is 6.69. The van der Waals surface area contributed by atoms with Gasteiger partial charge in [-0.2, -0.15) is 5.10 Å². The number of carbonyl (C=O) groups is 1. The molecule has 0 aliphatic carbocycles. The quantitative estimate of drug-likeness (QED) is 0.766. The lowest BCUT2D eigenvalue weighted by Crippen LogP contribution is -1.98. The van der Waals surface area contributed by atoms with Crippen LogP contribution >= 0.6 is 27.5 Å². The molecule has 2 aromatic rings. The normalized spacial score (nSPS) is 10.8. The highest BCUT2D eigenvalue weighted by atomic mass is 79.9. The van der Waals surface area contributed by atoms with Crippen molar-refractivity contribution < 1.29 is 9.18 Å². The van der Waals surface area contributed by atoms with Crippen molar-refractivity contribution in [3.05, 3.63) is 38.7 Å². The van der Waals surface area contributed by atoms with Crippen LogP contribution in [0.5, 0.6) is 0 Å². The van der Waals surface area contributed by atoms with Gasteiger partial charge in [-0.25, -0.2) is 4.39 Å². The number of ketones is 1. The molecule has 0 saturated heterocycles. The molecule has 2 rings (SSSR count). The van der Waals surface area contributed by atoms with Crippen molar-refractivity contribution in [3.8, 4) is 11.3 Å². The monoisotopic (exact) mass is 344 g/mol. The van der Waals surface area contributed by atoms with Crippen molar-refractivity contribution in [2.75, 3.05) is 0 Å². The minimum absolute atomic E-state index is 0.109. The van der Waals surface area contributed by atoms with E-state index in [1.165, 1.54) is 13.0 Å². The minimum Gasteiger partial charge on any atom is -0.294 e. The lowest BCUT2D eigenvalue weighted by atomic mass is 10.0. The van der Waals surface area contributed by atoms with Gasteiger partial charge < -0.3 is 0 Å². The van der Waals surface area contributed by atoms with Gasteiger partial charge in [-0.1, -0.05) is 11.6 Å². The Bertz CT molecular complexity index is 682. The minimum atomic E-state index is -0.506. The number of halogens is 3. The molecule has 0 amide bonds. The fourth-order valence-corrected chi connectivity index (χ4v) is 2.59. The van der Waals surface area contributed by atoms with E-state index in [1.54, 1.807) is 11.7 Å². The van der Waals surface area contributed by atoms with Gasteiger partial charge in [0.05, 0.1) is 9.50 Å². The molecule has 0 aliphatic rings. The van der Waals surface area contributed by atoms with Crippen LogP contribution in [0, 0.1) is 12.7 Å². The maximum atomic E-state index is 14.0. The van der Waals surface area contributed by atoms with E-state index in [-0.39, 0.29) is 21.9 Å². The second-order valence-electron chi connectivity index (χ2n) is 4.24. The summed E-state index contributed by atoms with van der Waals surface area (Å²) in [4.78, 5) is 11.5. The first kappa shape index (κ1) is 14.2. The van der Waals surface area contributed by atoms with Gasteiger partial charge in [0.25, 0.3) is 0 Å². The van der Waals surface area contributed by atoms with Crippen LogP contribution in [0.25, 0.3) is 11.3 Å². The number of hydrogen-bond acceptors (Lipinski definition) is 2. The summed E-state index contributed by atoms with van der Waals surface area (Å²) >= 11 is 9.25. The van der Waals surface area contributed by atoms with Gasteiger partial charge in [0.2, 0.25) is 0 Å². The number of carbonyl (C=O) groups excluding carboxylic acids is 1. The molecule has 1 aromatic heterocycles. The van der Waals surface area contributed by atoms with Crippen LogP contribution in [-0.2, 0) is 7.05 Å². The SMILES string of the molecule is CC(=O)c1cc(-c2nn(C)c(C)c2Br)c(F)cc1Cl. The molecular weight excluding hydrogens is 335 g/mol. The third-order valence-electron chi connectivity index (χ3n) is 2.95. The molecule has 19 heavy (non-hydrogen) atoms. The molecular formula is C13H11BrClFN2O. The van der Waals surface area contributed by atoms with Gasteiger partial charge >= 0.3 is 0 Å². The van der Waals surface area contributed by atoms with E-state index in [2.05, 4.69) is 21.0 Å². The smallest absolute Gasteiger partial charge is 0.161 e. The average Bonchev–Trinajstić information content (AvgIpc) is 2.57. The summed E-state index contributed by atoms with van der Waals surface area (Å²) in [5.74, 6) is -0.719. The average molecular weight is 346 g/mol. The highest BCUT2D eigenvalue weighted by Gasteiger charge is 2.19. The summed E-state index contributed by atoms with van der Waals surface area (Å²) < 4.78 is 16.4. The van der Waals surface area contributed by atoms with Gasteiger partial charge in [-0.3, -0.25) is 9.48 Å². The molecule has 0 atom stereocenters. The summed E-state index contributed by atoms with van der Waals surface area (Å²) in [7, 11) is 1.77. The van der Waals surface area contributed by atoms with Crippen molar-refractivity contribution in [1.82, 2.24) is 9.78 Å². The van der Waals surface area contributed by atoms with Crippen molar-refractivity contribution in [2.45, 2.75) is 13.8 Å². The predicted octanol–water partition coefficient (Wildman–Crippen LogP) is 4.15. The van der Waals surface area contributed by atoms with E-state index in [0.29, 0.717) is 10.2 Å². The molecule has 1 heterocycles. The summed E-state index contributed by atoms with van der Waals surface area (Å²) in [5, 5.41) is 4.36. The van der Waals surface area contributed by atoms with Crippen molar-refractivity contribution >= 4 is 33.3 Å². The van der Waals surface area contributed by atoms with Crippen LogP contribution in [-0.4, -0.2) is 15.6 Å². The van der Waals surface area contributed by atoms with Crippen molar-refractivity contribution in [2.24, 2.45) is 7.05 Å². The Kier molecular flexibility index (Phi) is 3.78. The van der Waals surface area contributed by atoms with Crippen LogP contribution in [0.3, 0.4) is 0 Å². The molecule has 0 unspecified atom stereocenters. The highest BCUT2D eigenvalue weighted by molar-refractivity contribution is 9.10. The Morgan fingerprint density at radius 3 is 2.58 bits per heavy atom. The number of Topliss-reactive ketones (excluding diaryl/α,β-unsaturated/α-hetero) is 1. The molecule has 0 fully saturated rings. The van der Waals surface area contributed by atoms with Crippen molar-refractivity contribution in [1.29, 1.82) is 0 Å². The van der Waals surface area contributed by atoms with Crippen LogP contribution < -0.4 is 0 Å². The Balaban J connectivity index is 2.71. The Labute approximate surface area is 123 Å². The lowest BCUT2D eigenvalue weighted by Gasteiger charge is -2.05. The fourth-order valence-electron chi connectivity index (χ4n) is 1.75. The third-order valence-corrected chi connectivity index (χ3v) is 4.21. The van der Waals surface area contributed by atoms with Gasteiger partial charge in [-0.15, -0.1) is 0 Å². The molecule has 6 heteroatoms. The number of hydrogen-bond donors (Lipinski definition) is 0. The van der Waals surface area contributed by atoms with Gasteiger partial charge in [-0.05, 0) is 41.9 Å². The second kappa shape index (κ2) is 5.06. The Hall–Kier alpha value is -1.20. The van der Waals surface area contributed by atoms with Crippen LogP contribution in [0.4, 0.5) is 4.39 Å². The maximum absolute atomic E-state index is 14.0. The summed E-state index contributed by atoms with van der Waals surface area (Å²) in [6, 6.07) is 2.58. The first-order valence-electron chi connectivity index (χ1n) is 5.52. The predicted molar refractivity (Wildman–Crippen MR) is 76.1 cm³/mol. The molecule has 0 N–H and O–H groups in total. The summed E-state index contributed by atoms with van der Waals surface area (Å²) in [6.45, 7) is 3.25. The van der Waals surface area contributed by atoms with Gasteiger partial charge in [0, 0.05) is 23.9 Å². The van der Waals surface area contributed by atoms with Crippen LogP contribution in [0.2, 0.25) is 5.02 Å². The van der Waals surface area contributed by atoms with Crippen molar-refractivity contribution in [3.63, 3.8) is 0 Å². The Morgan fingerprint density at radius 1 is 1.47 bits per heavy atom. The molecule has 0 radical (unpaired) electrons. The first-order chi connectivity index (χ1) is 8.82. The molecule has 100 valence electrons. The highest BCUT2D eigenvalue weighted by Crippen LogP contribution is 2.34. The fraction of sp³-hybridized carbons (Fsp3) is 0.231.